The first-order chi connectivity index (χ1) is 11.6. The molecule has 1 saturated heterocycles. The average molecular weight is 525 g/mol. The topological polar surface area (TPSA) is 66.0 Å². The summed E-state index contributed by atoms with van der Waals surface area (Å²) in [7, 11) is 1.77. The number of rotatable bonds is 4. The quantitative estimate of drug-likeness (QED) is 0.360. The Morgan fingerprint density at radius 1 is 1.40 bits per heavy atom. The number of halogens is 2. The van der Waals surface area contributed by atoms with Gasteiger partial charge >= 0.3 is 6.09 Å². The van der Waals surface area contributed by atoms with Gasteiger partial charge in [0.05, 0.1) is 6.61 Å². The number of nitrogens with one attached hydrogen (secondary N) is 2. The molecule has 1 aliphatic rings. The second kappa shape index (κ2) is 11.6. The summed E-state index contributed by atoms with van der Waals surface area (Å²) in [5.74, 6) is 0.782. The number of amides is 1. The van der Waals surface area contributed by atoms with Gasteiger partial charge in [-0.25, -0.2) is 4.79 Å². The second-order valence-corrected chi connectivity index (χ2v) is 6.58. The number of ether oxygens (including phenoxy) is 1. The molecule has 1 aromatic rings. The van der Waals surface area contributed by atoms with Crippen molar-refractivity contribution in [3.05, 3.63) is 34.3 Å². The van der Waals surface area contributed by atoms with Crippen LogP contribution in [0.1, 0.15) is 25.3 Å². The summed E-state index contributed by atoms with van der Waals surface area (Å²) in [5.41, 5.74) is 1.18. The van der Waals surface area contributed by atoms with Crippen molar-refractivity contribution in [1.82, 2.24) is 15.5 Å². The van der Waals surface area contributed by atoms with Gasteiger partial charge in [-0.3, -0.25) is 4.99 Å². The Bertz CT molecular complexity index is 578. The van der Waals surface area contributed by atoms with Crippen LogP contribution in [0, 0.1) is 0 Å². The number of likely N-dealkylation sites (tertiary alicyclic amines) is 1. The zero-order chi connectivity index (χ0) is 17.4. The first-order valence-electron chi connectivity index (χ1n) is 8.25. The number of carbonyl (C=O) groups excluding carboxylic acids is 1. The van der Waals surface area contributed by atoms with Crippen molar-refractivity contribution in [2.75, 3.05) is 26.7 Å². The van der Waals surface area contributed by atoms with Crippen molar-refractivity contribution < 1.29 is 9.53 Å². The fourth-order valence-electron chi connectivity index (χ4n) is 2.64. The summed E-state index contributed by atoms with van der Waals surface area (Å²) in [6.07, 6.45) is 1.56. The van der Waals surface area contributed by atoms with Crippen molar-refractivity contribution >= 4 is 52.0 Å². The van der Waals surface area contributed by atoms with Gasteiger partial charge in [0.15, 0.2) is 5.96 Å². The van der Waals surface area contributed by atoms with E-state index in [0.29, 0.717) is 32.3 Å². The predicted molar refractivity (Wildman–Crippen MR) is 115 cm³/mol. The molecule has 0 saturated carbocycles. The monoisotopic (exact) mass is 524 g/mol. The van der Waals surface area contributed by atoms with Crippen LogP contribution in [0.5, 0.6) is 0 Å². The third-order valence-electron chi connectivity index (χ3n) is 3.93. The van der Waals surface area contributed by atoms with Gasteiger partial charge < -0.3 is 20.3 Å². The minimum atomic E-state index is -0.215. The average Bonchev–Trinajstić information content (AvgIpc) is 2.59. The normalized spacial score (nSPS) is 15.3. The smallest absolute Gasteiger partial charge is 0.409 e. The van der Waals surface area contributed by atoms with Crippen LogP contribution in [0.3, 0.4) is 0 Å². The molecule has 25 heavy (non-hydrogen) atoms. The summed E-state index contributed by atoms with van der Waals surface area (Å²) in [6, 6.07) is 8.49. The number of piperidine rings is 1. The predicted octanol–water partition coefficient (Wildman–Crippen LogP) is 3.35. The molecule has 0 bridgehead atoms. The number of hydrogen-bond donors (Lipinski definition) is 2. The van der Waals surface area contributed by atoms with E-state index in [9.17, 15) is 4.79 Å². The minimum Gasteiger partial charge on any atom is -0.450 e. The Morgan fingerprint density at radius 3 is 2.72 bits per heavy atom. The molecule has 1 fully saturated rings. The number of guanidine groups is 1. The van der Waals surface area contributed by atoms with Crippen molar-refractivity contribution in [3.63, 3.8) is 0 Å². The van der Waals surface area contributed by atoms with Crippen LogP contribution < -0.4 is 10.6 Å². The van der Waals surface area contributed by atoms with Gasteiger partial charge in [0.25, 0.3) is 0 Å². The lowest BCUT2D eigenvalue weighted by molar-refractivity contribution is 0.0963. The summed E-state index contributed by atoms with van der Waals surface area (Å²) >= 11 is 3.48. The van der Waals surface area contributed by atoms with Gasteiger partial charge in [0, 0.05) is 37.2 Å². The molecule has 0 spiro atoms. The molecule has 8 heteroatoms. The van der Waals surface area contributed by atoms with E-state index in [0.717, 1.165) is 23.3 Å². The highest BCUT2D eigenvalue weighted by molar-refractivity contribution is 14.0. The van der Waals surface area contributed by atoms with Crippen LogP contribution in [-0.4, -0.2) is 49.7 Å². The summed E-state index contributed by atoms with van der Waals surface area (Å²) in [5, 5.41) is 6.76. The molecule has 0 atom stereocenters. The number of carbonyl (C=O) groups is 1. The van der Waals surface area contributed by atoms with Gasteiger partial charge in [0.2, 0.25) is 0 Å². The molecule has 1 aliphatic heterocycles. The molecule has 2 N–H and O–H groups in total. The molecule has 1 amide bonds. The molecule has 1 heterocycles. The van der Waals surface area contributed by atoms with E-state index >= 15 is 0 Å². The van der Waals surface area contributed by atoms with E-state index in [1.807, 2.05) is 19.1 Å². The zero-order valence-corrected chi connectivity index (χ0v) is 18.5. The Morgan fingerprint density at radius 2 is 2.12 bits per heavy atom. The van der Waals surface area contributed by atoms with Gasteiger partial charge in [-0.1, -0.05) is 28.1 Å². The van der Waals surface area contributed by atoms with E-state index in [2.05, 4.69) is 43.7 Å². The summed E-state index contributed by atoms with van der Waals surface area (Å²) < 4.78 is 6.11. The first kappa shape index (κ1) is 22.0. The highest BCUT2D eigenvalue weighted by Gasteiger charge is 2.23. The fourth-order valence-corrected chi connectivity index (χ4v) is 3.09. The van der Waals surface area contributed by atoms with E-state index in [4.69, 9.17) is 4.74 Å². The minimum absolute atomic E-state index is 0. The van der Waals surface area contributed by atoms with Gasteiger partial charge in [0.1, 0.15) is 0 Å². The molecular formula is C17H26BrIN4O2. The maximum Gasteiger partial charge on any atom is 0.409 e. The molecule has 0 unspecified atom stereocenters. The van der Waals surface area contributed by atoms with Crippen LogP contribution in [-0.2, 0) is 11.3 Å². The SMILES string of the molecule is CCOC(=O)N1CCC(NC(=NC)NCc2cccc(Br)c2)CC1.I. The summed E-state index contributed by atoms with van der Waals surface area (Å²) in [4.78, 5) is 17.8. The molecule has 0 aromatic heterocycles. The number of aliphatic imine (C=N–C) groups is 1. The van der Waals surface area contributed by atoms with Gasteiger partial charge in [-0.2, -0.15) is 0 Å². The Hall–Kier alpha value is -1.03. The third-order valence-corrected chi connectivity index (χ3v) is 4.43. The highest BCUT2D eigenvalue weighted by Crippen LogP contribution is 2.12. The molecule has 0 aliphatic carbocycles. The van der Waals surface area contributed by atoms with E-state index in [1.54, 1.807) is 11.9 Å². The van der Waals surface area contributed by atoms with E-state index in [-0.39, 0.29) is 30.1 Å². The van der Waals surface area contributed by atoms with Crippen molar-refractivity contribution in [2.45, 2.75) is 32.4 Å². The lowest BCUT2D eigenvalue weighted by Crippen LogP contribution is -2.49. The van der Waals surface area contributed by atoms with Crippen molar-refractivity contribution in [2.24, 2.45) is 4.99 Å². The van der Waals surface area contributed by atoms with Crippen LogP contribution >= 0.6 is 39.9 Å². The number of hydrogen-bond acceptors (Lipinski definition) is 3. The molecule has 6 nitrogen and oxygen atoms in total. The highest BCUT2D eigenvalue weighted by atomic mass is 127. The largest absolute Gasteiger partial charge is 0.450 e. The molecule has 0 radical (unpaired) electrons. The Labute approximate surface area is 174 Å². The lowest BCUT2D eigenvalue weighted by atomic mass is 10.1. The van der Waals surface area contributed by atoms with Crippen molar-refractivity contribution in [3.8, 4) is 0 Å². The fraction of sp³-hybridized carbons (Fsp3) is 0.529. The summed E-state index contributed by atoms with van der Waals surface area (Å²) in [6.45, 7) is 4.37. The van der Waals surface area contributed by atoms with E-state index in [1.165, 1.54) is 5.56 Å². The second-order valence-electron chi connectivity index (χ2n) is 5.66. The molecular weight excluding hydrogens is 499 g/mol. The maximum absolute atomic E-state index is 11.7. The molecule has 140 valence electrons. The van der Waals surface area contributed by atoms with Gasteiger partial charge in [-0.15, -0.1) is 24.0 Å². The maximum atomic E-state index is 11.7. The van der Waals surface area contributed by atoms with E-state index < -0.39 is 0 Å². The molecule has 1 aromatic carbocycles. The van der Waals surface area contributed by atoms with Crippen LogP contribution in [0.15, 0.2) is 33.7 Å². The first-order valence-corrected chi connectivity index (χ1v) is 9.05. The third kappa shape index (κ3) is 7.39. The lowest BCUT2D eigenvalue weighted by Gasteiger charge is -2.32. The number of benzene rings is 1. The zero-order valence-electron chi connectivity index (χ0n) is 14.6. The van der Waals surface area contributed by atoms with Gasteiger partial charge in [-0.05, 0) is 37.5 Å². The number of nitrogens with zero attached hydrogens (tertiary/aromatic N) is 2. The van der Waals surface area contributed by atoms with Crippen molar-refractivity contribution in [1.29, 1.82) is 0 Å². The molecule has 2 rings (SSSR count). The van der Waals surface area contributed by atoms with Crippen LogP contribution in [0.2, 0.25) is 0 Å². The Kier molecular flexibility index (Phi) is 10.2. The van der Waals surface area contributed by atoms with Crippen LogP contribution in [0.25, 0.3) is 0 Å². The Balaban J connectivity index is 0.00000312. The van der Waals surface area contributed by atoms with Crippen LogP contribution in [0.4, 0.5) is 4.79 Å². The standard InChI is InChI=1S/C17H25BrN4O2.HI/c1-3-24-17(23)22-9-7-15(8-10-22)21-16(19-2)20-12-13-5-4-6-14(18)11-13;/h4-6,11,15H,3,7-10,12H2,1-2H3,(H2,19,20,21);1H.